The summed E-state index contributed by atoms with van der Waals surface area (Å²) < 4.78 is 10.3. The lowest BCUT2D eigenvalue weighted by Crippen LogP contribution is -2.42. The molecule has 2 N–H and O–H groups in total. The van der Waals surface area contributed by atoms with E-state index in [-0.39, 0.29) is 12.1 Å². The Labute approximate surface area is 107 Å². The van der Waals surface area contributed by atoms with Crippen LogP contribution in [-0.4, -0.2) is 41.6 Å². The number of rotatable bonds is 7. The summed E-state index contributed by atoms with van der Waals surface area (Å²) in [5, 5.41) is 16.2. The maximum Gasteiger partial charge on any atom is 0.223 e. The van der Waals surface area contributed by atoms with Gasteiger partial charge in [0.2, 0.25) is 5.89 Å². The van der Waals surface area contributed by atoms with E-state index in [1.807, 2.05) is 6.92 Å². The summed E-state index contributed by atoms with van der Waals surface area (Å²) in [4.78, 5) is 4.36. The van der Waals surface area contributed by atoms with Gasteiger partial charge >= 0.3 is 0 Å². The van der Waals surface area contributed by atoms with Gasteiger partial charge in [-0.05, 0) is 12.8 Å². The second kappa shape index (κ2) is 6.26. The van der Waals surface area contributed by atoms with E-state index in [9.17, 15) is 0 Å². The van der Waals surface area contributed by atoms with E-state index in [1.165, 1.54) is 12.8 Å². The number of aliphatic hydroxyl groups is 1. The van der Waals surface area contributed by atoms with E-state index in [4.69, 9.17) is 14.4 Å². The SMILES string of the molecule is Cc1nc(C2(NCCOCCO)CCCC2)no1. The molecule has 1 heterocycles. The molecule has 6 heteroatoms. The number of nitrogens with one attached hydrogen (secondary N) is 1. The van der Waals surface area contributed by atoms with Crippen molar-refractivity contribution < 1.29 is 14.4 Å². The fourth-order valence-corrected chi connectivity index (χ4v) is 2.48. The molecule has 1 saturated carbocycles. The van der Waals surface area contributed by atoms with E-state index < -0.39 is 0 Å². The molecule has 0 aromatic carbocycles. The van der Waals surface area contributed by atoms with Crippen LogP contribution in [0.2, 0.25) is 0 Å². The average Bonchev–Trinajstić information content (AvgIpc) is 2.99. The fraction of sp³-hybridized carbons (Fsp3) is 0.833. The van der Waals surface area contributed by atoms with Crippen LogP contribution in [0, 0.1) is 6.92 Å². The molecule has 1 aromatic rings. The molecule has 0 amide bonds. The van der Waals surface area contributed by atoms with Crippen molar-refractivity contribution in [2.24, 2.45) is 0 Å². The quantitative estimate of drug-likeness (QED) is 0.700. The normalized spacial score (nSPS) is 18.3. The molecule has 1 aliphatic rings. The van der Waals surface area contributed by atoms with Gasteiger partial charge in [-0.3, -0.25) is 0 Å². The van der Waals surface area contributed by atoms with Gasteiger partial charge < -0.3 is 19.7 Å². The first-order chi connectivity index (χ1) is 8.77. The van der Waals surface area contributed by atoms with Crippen LogP contribution >= 0.6 is 0 Å². The summed E-state index contributed by atoms with van der Waals surface area (Å²) in [5.41, 5.74) is -0.152. The van der Waals surface area contributed by atoms with E-state index >= 15 is 0 Å². The molecule has 1 fully saturated rings. The Bertz CT molecular complexity index is 361. The first kappa shape index (κ1) is 13.5. The van der Waals surface area contributed by atoms with E-state index in [0.717, 1.165) is 25.2 Å². The van der Waals surface area contributed by atoms with Gasteiger partial charge in [0.05, 0.1) is 25.4 Å². The highest BCUT2D eigenvalue weighted by Crippen LogP contribution is 2.36. The number of aliphatic hydroxyl groups excluding tert-OH is 1. The lowest BCUT2D eigenvalue weighted by molar-refractivity contribution is 0.0885. The third-order valence-electron chi connectivity index (χ3n) is 3.36. The Morgan fingerprint density at radius 3 is 2.78 bits per heavy atom. The minimum absolute atomic E-state index is 0.0647. The summed E-state index contributed by atoms with van der Waals surface area (Å²) in [6.45, 7) is 3.57. The van der Waals surface area contributed by atoms with Crippen molar-refractivity contribution in [3.05, 3.63) is 11.7 Å². The summed E-state index contributed by atoms with van der Waals surface area (Å²) >= 11 is 0. The summed E-state index contributed by atoms with van der Waals surface area (Å²) in [7, 11) is 0. The molecular formula is C12H21N3O3. The molecule has 1 aliphatic carbocycles. The van der Waals surface area contributed by atoms with Crippen LogP contribution in [0.1, 0.15) is 37.4 Å². The van der Waals surface area contributed by atoms with Gasteiger partial charge in [-0.1, -0.05) is 18.0 Å². The molecule has 0 unspecified atom stereocenters. The third kappa shape index (κ3) is 3.07. The summed E-state index contributed by atoms with van der Waals surface area (Å²) in [5.74, 6) is 1.37. The van der Waals surface area contributed by atoms with Crippen molar-refractivity contribution in [3.63, 3.8) is 0 Å². The van der Waals surface area contributed by atoms with Crippen molar-refractivity contribution in [1.82, 2.24) is 15.5 Å². The zero-order valence-corrected chi connectivity index (χ0v) is 10.8. The maximum absolute atomic E-state index is 8.63. The number of aromatic nitrogens is 2. The molecule has 18 heavy (non-hydrogen) atoms. The second-order valence-electron chi connectivity index (χ2n) is 4.69. The summed E-state index contributed by atoms with van der Waals surface area (Å²) in [6.07, 6.45) is 4.42. The predicted molar refractivity (Wildman–Crippen MR) is 65.1 cm³/mol. The monoisotopic (exact) mass is 255 g/mol. The number of ether oxygens (including phenoxy) is 1. The molecule has 1 aromatic heterocycles. The highest BCUT2D eigenvalue weighted by atomic mass is 16.5. The highest BCUT2D eigenvalue weighted by Gasteiger charge is 2.39. The number of aryl methyl sites for hydroxylation is 1. The zero-order valence-electron chi connectivity index (χ0n) is 10.8. The van der Waals surface area contributed by atoms with Crippen LogP contribution in [0.25, 0.3) is 0 Å². The lowest BCUT2D eigenvalue weighted by Gasteiger charge is -2.26. The van der Waals surface area contributed by atoms with Crippen LogP contribution in [0.4, 0.5) is 0 Å². The van der Waals surface area contributed by atoms with Gasteiger partial charge in [-0.2, -0.15) is 4.98 Å². The Morgan fingerprint density at radius 1 is 1.39 bits per heavy atom. The first-order valence-electron chi connectivity index (χ1n) is 6.51. The molecule has 0 aliphatic heterocycles. The number of hydrogen-bond acceptors (Lipinski definition) is 6. The van der Waals surface area contributed by atoms with Gasteiger partial charge in [0, 0.05) is 13.5 Å². The van der Waals surface area contributed by atoms with Crippen LogP contribution in [0.3, 0.4) is 0 Å². The van der Waals surface area contributed by atoms with Gasteiger partial charge in [-0.15, -0.1) is 0 Å². The molecule has 102 valence electrons. The predicted octanol–water partition coefficient (Wildman–Crippen LogP) is 0.746. The molecule has 2 rings (SSSR count). The van der Waals surface area contributed by atoms with Crippen LogP contribution in [0.5, 0.6) is 0 Å². The molecular weight excluding hydrogens is 234 g/mol. The van der Waals surface area contributed by atoms with Gasteiger partial charge in [0.1, 0.15) is 0 Å². The largest absolute Gasteiger partial charge is 0.394 e. The highest BCUT2D eigenvalue weighted by molar-refractivity contribution is 5.07. The van der Waals surface area contributed by atoms with Crippen LogP contribution in [0.15, 0.2) is 4.52 Å². The lowest BCUT2D eigenvalue weighted by atomic mass is 9.96. The Balaban J connectivity index is 1.91. The average molecular weight is 255 g/mol. The molecule has 0 radical (unpaired) electrons. The van der Waals surface area contributed by atoms with Crippen molar-refractivity contribution in [2.75, 3.05) is 26.4 Å². The van der Waals surface area contributed by atoms with Gasteiger partial charge in [-0.25, -0.2) is 0 Å². The topological polar surface area (TPSA) is 80.4 Å². The number of hydrogen-bond donors (Lipinski definition) is 2. The zero-order chi connectivity index (χ0) is 12.8. The van der Waals surface area contributed by atoms with Crippen molar-refractivity contribution in [2.45, 2.75) is 38.1 Å². The van der Waals surface area contributed by atoms with Crippen LogP contribution in [-0.2, 0) is 10.3 Å². The van der Waals surface area contributed by atoms with E-state index in [0.29, 0.717) is 19.1 Å². The van der Waals surface area contributed by atoms with Gasteiger partial charge in [0.15, 0.2) is 5.82 Å². The Morgan fingerprint density at radius 2 is 2.17 bits per heavy atom. The Kier molecular flexibility index (Phi) is 4.68. The standard InChI is InChI=1S/C12H21N3O3/c1-10-14-11(15-18-10)12(4-2-3-5-12)13-6-8-17-9-7-16/h13,16H,2-9H2,1H3. The molecule has 0 bridgehead atoms. The number of nitrogens with zero attached hydrogens (tertiary/aromatic N) is 2. The fourth-order valence-electron chi connectivity index (χ4n) is 2.48. The molecule has 6 nitrogen and oxygen atoms in total. The maximum atomic E-state index is 8.63. The Hall–Kier alpha value is -0.980. The van der Waals surface area contributed by atoms with Crippen molar-refractivity contribution in [1.29, 1.82) is 0 Å². The van der Waals surface area contributed by atoms with Crippen molar-refractivity contribution in [3.8, 4) is 0 Å². The third-order valence-corrected chi connectivity index (χ3v) is 3.36. The first-order valence-corrected chi connectivity index (χ1v) is 6.51. The molecule has 0 atom stereocenters. The van der Waals surface area contributed by atoms with Gasteiger partial charge in [0.25, 0.3) is 0 Å². The second-order valence-corrected chi connectivity index (χ2v) is 4.69. The molecule has 0 saturated heterocycles. The van der Waals surface area contributed by atoms with E-state index in [2.05, 4.69) is 15.5 Å². The van der Waals surface area contributed by atoms with Crippen LogP contribution < -0.4 is 5.32 Å². The minimum Gasteiger partial charge on any atom is -0.394 e. The smallest absolute Gasteiger partial charge is 0.223 e. The molecule has 0 spiro atoms. The van der Waals surface area contributed by atoms with E-state index in [1.54, 1.807) is 0 Å². The minimum atomic E-state index is -0.152. The van der Waals surface area contributed by atoms with Crippen molar-refractivity contribution >= 4 is 0 Å². The summed E-state index contributed by atoms with van der Waals surface area (Å²) in [6, 6.07) is 0.